The summed E-state index contributed by atoms with van der Waals surface area (Å²) in [6, 6.07) is 18.0. The second-order valence-electron chi connectivity index (χ2n) is 7.29. The van der Waals surface area contributed by atoms with Crippen molar-refractivity contribution < 1.29 is 14.0 Å². The zero-order chi connectivity index (χ0) is 20.5. The topological polar surface area (TPSA) is 75.2 Å². The molecule has 7 nitrogen and oxygen atoms in total. The first-order valence-electron chi connectivity index (χ1n) is 10.0. The highest BCUT2D eigenvalue weighted by Gasteiger charge is 2.24. The number of aromatic nitrogens is 4. The number of ether oxygens (including phenoxy) is 2. The Hall–Kier alpha value is -3.45. The van der Waals surface area contributed by atoms with E-state index in [0.29, 0.717) is 37.2 Å². The molecule has 152 valence electrons. The van der Waals surface area contributed by atoms with E-state index >= 15 is 0 Å². The maximum absolute atomic E-state index is 6.06. The molecule has 1 aliphatic rings. The molecule has 0 amide bonds. The molecule has 0 bridgehead atoms. The molecule has 0 aliphatic carbocycles. The monoisotopic (exact) mass is 402 g/mol. The van der Waals surface area contributed by atoms with Gasteiger partial charge in [0.15, 0.2) is 5.69 Å². The van der Waals surface area contributed by atoms with Crippen LogP contribution < -0.4 is 4.74 Å². The number of benzene rings is 2. The smallest absolute Gasteiger partial charge is 0.278 e. The third kappa shape index (κ3) is 3.59. The summed E-state index contributed by atoms with van der Waals surface area (Å²) in [5, 5.41) is 8.79. The van der Waals surface area contributed by atoms with Crippen LogP contribution in [0.5, 0.6) is 5.75 Å². The summed E-state index contributed by atoms with van der Waals surface area (Å²) in [5.74, 6) is 1.82. The Balaban J connectivity index is 1.34. The average Bonchev–Trinajstić information content (AvgIpc) is 3.42. The van der Waals surface area contributed by atoms with E-state index in [-0.39, 0.29) is 6.10 Å². The van der Waals surface area contributed by atoms with E-state index in [9.17, 15) is 0 Å². The van der Waals surface area contributed by atoms with Gasteiger partial charge in [-0.25, -0.2) is 0 Å². The van der Waals surface area contributed by atoms with Crippen LogP contribution in [0.2, 0.25) is 0 Å². The van der Waals surface area contributed by atoms with Gasteiger partial charge in [-0.05, 0) is 37.6 Å². The van der Waals surface area contributed by atoms with Crippen molar-refractivity contribution in [3.63, 3.8) is 0 Å². The molecule has 5 rings (SSSR count). The van der Waals surface area contributed by atoms with Crippen molar-refractivity contribution in [1.29, 1.82) is 0 Å². The molecule has 30 heavy (non-hydrogen) atoms. The highest BCUT2D eigenvalue weighted by atomic mass is 16.5. The van der Waals surface area contributed by atoms with Crippen LogP contribution in [0.3, 0.4) is 0 Å². The molecule has 3 heterocycles. The van der Waals surface area contributed by atoms with Crippen LogP contribution in [0.15, 0.2) is 59.1 Å². The fourth-order valence-electron chi connectivity index (χ4n) is 3.52. The number of aryl methyl sites for hydroxylation is 1. The Bertz CT molecular complexity index is 1150. The normalized spacial score (nSPS) is 15.7. The van der Waals surface area contributed by atoms with Gasteiger partial charge in [-0.15, -0.1) is 0 Å². The van der Waals surface area contributed by atoms with Crippen molar-refractivity contribution in [2.75, 3.05) is 6.61 Å². The molecule has 2 aromatic heterocycles. The lowest BCUT2D eigenvalue weighted by atomic mass is 10.1. The van der Waals surface area contributed by atoms with E-state index in [0.717, 1.165) is 22.6 Å². The zero-order valence-corrected chi connectivity index (χ0v) is 16.9. The summed E-state index contributed by atoms with van der Waals surface area (Å²) < 4.78 is 19.0. The van der Waals surface area contributed by atoms with Crippen LogP contribution in [-0.4, -0.2) is 26.5 Å². The first kappa shape index (κ1) is 18.6. The van der Waals surface area contributed by atoms with Crippen LogP contribution in [0.25, 0.3) is 23.0 Å². The van der Waals surface area contributed by atoms with Crippen molar-refractivity contribution in [2.45, 2.75) is 33.1 Å². The molecule has 1 atom stereocenters. The Labute approximate surface area is 174 Å². The Morgan fingerprint density at radius 1 is 1.10 bits per heavy atom. The minimum atomic E-state index is -0.0632. The molecule has 7 heteroatoms. The van der Waals surface area contributed by atoms with Gasteiger partial charge in [0, 0.05) is 5.56 Å². The van der Waals surface area contributed by atoms with Gasteiger partial charge in [0.25, 0.3) is 5.89 Å². The second kappa shape index (κ2) is 7.76. The predicted molar refractivity (Wildman–Crippen MR) is 111 cm³/mol. The van der Waals surface area contributed by atoms with Crippen LogP contribution >= 0.6 is 0 Å². The third-order valence-electron chi connectivity index (χ3n) is 5.15. The van der Waals surface area contributed by atoms with Crippen LogP contribution in [0.1, 0.15) is 29.8 Å². The number of hydrogen-bond donors (Lipinski definition) is 0. The van der Waals surface area contributed by atoms with Crippen molar-refractivity contribution in [1.82, 2.24) is 19.9 Å². The maximum atomic E-state index is 6.06. The molecule has 4 aromatic rings. The number of rotatable bonds is 5. The summed E-state index contributed by atoms with van der Waals surface area (Å²) in [7, 11) is 0. The van der Waals surface area contributed by atoms with Crippen molar-refractivity contribution in [2.24, 2.45) is 0 Å². The summed E-state index contributed by atoms with van der Waals surface area (Å²) in [4.78, 5) is 4.52. The highest BCUT2D eigenvalue weighted by molar-refractivity contribution is 5.58. The molecular weight excluding hydrogens is 380 g/mol. The van der Waals surface area contributed by atoms with Crippen molar-refractivity contribution in [3.8, 4) is 28.7 Å². The van der Waals surface area contributed by atoms with Crippen molar-refractivity contribution >= 4 is 0 Å². The molecule has 2 aromatic carbocycles. The molecule has 0 spiro atoms. The molecule has 0 saturated heterocycles. The lowest BCUT2D eigenvalue weighted by Gasteiger charge is -2.24. The summed E-state index contributed by atoms with van der Waals surface area (Å²) in [6.45, 7) is 5.78. The maximum Gasteiger partial charge on any atom is 0.278 e. The van der Waals surface area contributed by atoms with E-state index < -0.39 is 0 Å². The van der Waals surface area contributed by atoms with Gasteiger partial charge in [-0.1, -0.05) is 47.1 Å². The fourth-order valence-corrected chi connectivity index (χ4v) is 3.52. The van der Waals surface area contributed by atoms with Gasteiger partial charge >= 0.3 is 0 Å². The van der Waals surface area contributed by atoms with Gasteiger partial charge in [-0.3, -0.25) is 4.68 Å². The van der Waals surface area contributed by atoms with Gasteiger partial charge in [0.2, 0.25) is 5.82 Å². The second-order valence-corrected chi connectivity index (χ2v) is 7.29. The van der Waals surface area contributed by atoms with Crippen LogP contribution in [0, 0.1) is 6.92 Å². The number of fused-ring (bicyclic) bond motifs is 1. The predicted octanol–water partition coefficient (Wildman–Crippen LogP) is 4.58. The Morgan fingerprint density at radius 2 is 1.90 bits per heavy atom. The van der Waals surface area contributed by atoms with Gasteiger partial charge in [0.05, 0.1) is 25.5 Å². The first-order chi connectivity index (χ1) is 14.7. The molecule has 0 saturated carbocycles. The summed E-state index contributed by atoms with van der Waals surface area (Å²) in [5.41, 5.74) is 4.85. The SMILES string of the molecule is CCOc1ccc([C@@H]2Cn3nc(-c4nc(-c5ccc(C)cc5)no4)cc3CO2)cc1. The Morgan fingerprint density at radius 3 is 2.67 bits per heavy atom. The third-order valence-corrected chi connectivity index (χ3v) is 5.15. The van der Waals surface area contributed by atoms with E-state index in [1.165, 1.54) is 5.56 Å². The standard InChI is InChI=1S/C23H22N4O3/c1-3-28-19-10-8-16(9-11-19)21-13-27-18(14-29-21)12-20(25-27)23-24-22(26-30-23)17-6-4-15(2)5-7-17/h4-12,21H,3,13-14H2,1-2H3/t21-/m0/s1. The van der Waals surface area contributed by atoms with Gasteiger partial charge in [-0.2, -0.15) is 10.1 Å². The highest BCUT2D eigenvalue weighted by Crippen LogP contribution is 2.30. The number of nitrogens with zero attached hydrogens (tertiary/aromatic N) is 4. The first-order valence-corrected chi connectivity index (χ1v) is 10.0. The van der Waals surface area contributed by atoms with Crippen molar-refractivity contribution in [3.05, 3.63) is 71.4 Å². The molecular formula is C23H22N4O3. The van der Waals surface area contributed by atoms with E-state index in [4.69, 9.17) is 14.0 Å². The zero-order valence-electron chi connectivity index (χ0n) is 16.9. The lowest BCUT2D eigenvalue weighted by Crippen LogP contribution is -2.21. The van der Waals surface area contributed by atoms with Crippen LogP contribution in [-0.2, 0) is 17.9 Å². The van der Waals surface area contributed by atoms with E-state index in [2.05, 4.69) is 15.2 Å². The fraction of sp³-hybridized carbons (Fsp3) is 0.261. The lowest BCUT2D eigenvalue weighted by molar-refractivity contribution is -0.00115. The minimum absolute atomic E-state index is 0.0632. The van der Waals surface area contributed by atoms with Gasteiger partial charge in [0.1, 0.15) is 11.9 Å². The minimum Gasteiger partial charge on any atom is -0.494 e. The average molecular weight is 402 g/mol. The molecule has 0 radical (unpaired) electrons. The van der Waals surface area contributed by atoms with Crippen LogP contribution in [0.4, 0.5) is 0 Å². The summed E-state index contributed by atoms with van der Waals surface area (Å²) in [6.07, 6.45) is -0.0632. The quantitative estimate of drug-likeness (QED) is 0.486. The summed E-state index contributed by atoms with van der Waals surface area (Å²) >= 11 is 0. The van der Waals surface area contributed by atoms with Gasteiger partial charge < -0.3 is 14.0 Å². The number of hydrogen-bond acceptors (Lipinski definition) is 6. The largest absolute Gasteiger partial charge is 0.494 e. The van der Waals surface area contributed by atoms with E-state index in [1.54, 1.807) is 0 Å². The Kier molecular flexibility index (Phi) is 4.80. The molecule has 0 N–H and O–H groups in total. The molecule has 0 unspecified atom stereocenters. The molecule has 0 fully saturated rings. The van der Waals surface area contributed by atoms with E-state index in [1.807, 2.05) is 73.1 Å². The molecule has 1 aliphatic heterocycles.